The minimum absolute atomic E-state index is 0.417. The molecule has 4 N–H and O–H groups in total. The van der Waals surface area contributed by atoms with E-state index in [1.807, 2.05) is 109 Å². The second-order valence-corrected chi connectivity index (χ2v) is 21.2. The first kappa shape index (κ1) is 64.0. The van der Waals surface area contributed by atoms with Gasteiger partial charge in [0.05, 0.1) is 19.7 Å². The van der Waals surface area contributed by atoms with Gasteiger partial charge >= 0.3 is 23.9 Å². The van der Waals surface area contributed by atoms with E-state index in [1.165, 1.54) is 35.4 Å². The Hall–Kier alpha value is -13.5. The molecule has 0 amide bonds. The molecule has 13 nitrogen and oxygen atoms in total. The fourth-order valence-electron chi connectivity index (χ4n) is 9.94. The highest BCUT2D eigenvalue weighted by Crippen LogP contribution is 2.38. The SMILES string of the molecule is [C-]#[N+]/C(=C\c1ccc(C(=Cc2ccc(N(c3ccc(/C=C/C=C(c4ccc(C)cc4)c4ccc(C)cc4)cc3)c3ccc(/C=C(\c4ccc(/C=C(/C#N)C(=O)O)cc4)c4ccc(/C=C(\[N+]#[C-])C(=O)O)cc4)cc3)cc2)c2ccc(/C=C(\[N+]#[C-])C(=O)O)cc2)cc1)C(=O)O. The molecular weight excluding hydrogens is 1160 g/mol. The van der Waals surface area contributed by atoms with Crippen LogP contribution >= 0.6 is 0 Å². The second-order valence-electron chi connectivity index (χ2n) is 21.2. The normalized spacial score (nSPS) is 11.7. The molecule has 0 aromatic heterocycles. The molecule has 0 radical (unpaired) electrons. The maximum Gasteiger partial charge on any atom is 0.346 e. The zero-order valence-corrected chi connectivity index (χ0v) is 50.1. The molecule has 9 aromatic carbocycles. The van der Waals surface area contributed by atoms with Crippen molar-refractivity contribution in [2.75, 3.05) is 4.90 Å². The zero-order valence-electron chi connectivity index (χ0n) is 50.1. The molecule has 9 aromatic rings. The highest BCUT2D eigenvalue weighted by Gasteiger charge is 2.17. The number of nitrogens with zero attached hydrogens (tertiary/aromatic N) is 5. The molecular formula is C80H55N5O8. The summed E-state index contributed by atoms with van der Waals surface area (Å²) in [5, 5.41) is 47.5. The molecule has 0 aliphatic carbocycles. The van der Waals surface area contributed by atoms with Crippen molar-refractivity contribution in [3.63, 3.8) is 0 Å². The molecule has 9 rings (SSSR count). The Bertz CT molecular complexity index is 4300. The Balaban J connectivity index is 1.12. The minimum Gasteiger partial charge on any atom is -0.486 e. The number of rotatable bonds is 21. The van der Waals surface area contributed by atoms with Gasteiger partial charge in [-0.3, -0.25) is 14.4 Å². The van der Waals surface area contributed by atoms with Crippen LogP contribution < -0.4 is 4.90 Å². The molecule has 448 valence electrons. The smallest absolute Gasteiger partial charge is 0.346 e. The van der Waals surface area contributed by atoms with Crippen LogP contribution in [0, 0.1) is 44.9 Å². The second kappa shape index (κ2) is 30.0. The molecule has 0 fully saturated rings. The maximum absolute atomic E-state index is 11.7. The van der Waals surface area contributed by atoms with Crippen molar-refractivity contribution in [2.45, 2.75) is 13.8 Å². The number of carboxylic acid groups (broad SMARTS) is 4. The molecule has 0 unspecified atom stereocenters. The standard InChI is InChI=1S/C80H55N5O8/c1-52-9-27-61(28-10-52)71(62-29-11-53(2)12-30-62)8-6-7-54-21-39-68(40-22-54)85(69-41-23-56(24-42-69)46-72(63-31-13-55(14-32-63)45-67(51-81)77(86)87)64-33-15-58(16-34-64)48-74(82-3)78(88)89)70-43-25-57(26-44-70)47-73(65-35-17-59(18-36-65)49-75(83-4)79(90)91)66-37-19-60(20-38-66)50-76(84-5)80(92)93/h6-50H,1-2H3,(H,86,87)(H,88,89)(H,90,91)(H,92,93)/b7-6+,67-45-,72-46+,74-48-,75-49-,76-50-. The Kier molecular flexibility index (Phi) is 20.6. The first-order valence-electron chi connectivity index (χ1n) is 28.8. The molecule has 0 aliphatic rings. The quantitative estimate of drug-likeness (QED) is 0.0177. The summed E-state index contributed by atoms with van der Waals surface area (Å²) in [5.74, 6) is -5.36. The van der Waals surface area contributed by atoms with Crippen LogP contribution in [0.3, 0.4) is 0 Å². The van der Waals surface area contributed by atoms with Crippen LogP contribution in [-0.2, 0) is 19.2 Å². The summed E-state index contributed by atoms with van der Waals surface area (Å²) in [7, 11) is 0. The van der Waals surface area contributed by atoms with E-state index in [2.05, 4.69) is 124 Å². The molecule has 0 saturated heterocycles. The number of allylic oxidation sites excluding steroid dienone is 2. The number of nitriles is 1. The number of hydrogen-bond donors (Lipinski definition) is 4. The van der Waals surface area contributed by atoms with Gasteiger partial charge in [0, 0.05) is 17.1 Å². The molecule has 0 spiro atoms. The van der Waals surface area contributed by atoms with Gasteiger partial charge in [0.1, 0.15) is 11.6 Å². The Morgan fingerprint density at radius 2 is 0.613 bits per heavy atom. The minimum atomic E-state index is -1.34. The fraction of sp³-hybridized carbons (Fsp3) is 0.0250. The molecule has 0 heterocycles. The third-order valence-electron chi connectivity index (χ3n) is 14.8. The van der Waals surface area contributed by atoms with Crippen LogP contribution in [-0.4, -0.2) is 44.3 Å². The lowest BCUT2D eigenvalue weighted by Gasteiger charge is -2.26. The number of benzene rings is 9. The fourth-order valence-corrected chi connectivity index (χ4v) is 9.94. The van der Waals surface area contributed by atoms with Gasteiger partial charge in [-0.05, 0) is 176 Å². The van der Waals surface area contributed by atoms with Gasteiger partial charge in [0.2, 0.25) is 0 Å². The summed E-state index contributed by atoms with van der Waals surface area (Å²) < 4.78 is 0. The van der Waals surface area contributed by atoms with E-state index in [1.54, 1.807) is 54.6 Å². The number of carboxylic acids is 4. The van der Waals surface area contributed by atoms with Crippen LogP contribution in [0.5, 0.6) is 0 Å². The summed E-state index contributed by atoms with van der Waals surface area (Å²) in [4.78, 5) is 58.3. The lowest BCUT2D eigenvalue weighted by Crippen LogP contribution is -2.09. The van der Waals surface area contributed by atoms with Crippen LogP contribution in [0.1, 0.15) is 83.5 Å². The average Bonchev–Trinajstić information content (AvgIpc) is 1.50. The molecule has 93 heavy (non-hydrogen) atoms. The van der Waals surface area contributed by atoms with Crippen LogP contribution in [0.4, 0.5) is 17.1 Å². The Morgan fingerprint density at radius 3 is 0.892 bits per heavy atom. The largest absolute Gasteiger partial charge is 0.486 e. The number of carbonyl (C=O) groups is 4. The summed E-state index contributed by atoms with van der Waals surface area (Å²) >= 11 is 0. The van der Waals surface area contributed by atoms with Gasteiger partial charge in [-0.2, -0.15) is 5.26 Å². The summed E-state index contributed by atoms with van der Waals surface area (Å²) in [6.07, 6.45) is 15.4. The third-order valence-corrected chi connectivity index (χ3v) is 14.8. The predicted octanol–water partition coefficient (Wildman–Crippen LogP) is 18.1. The van der Waals surface area contributed by atoms with E-state index in [0.717, 1.165) is 83.9 Å². The average molecular weight is 1210 g/mol. The van der Waals surface area contributed by atoms with E-state index < -0.39 is 46.5 Å². The van der Waals surface area contributed by atoms with Crippen LogP contribution in [0.15, 0.2) is 253 Å². The van der Waals surface area contributed by atoms with Gasteiger partial charge < -0.3 is 25.3 Å². The first-order chi connectivity index (χ1) is 45.0. The van der Waals surface area contributed by atoms with Crippen molar-refractivity contribution in [1.82, 2.24) is 0 Å². The Morgan fingerprint density at radius 1 is 0.355 bits per heavy atom. The van der Waals surface area contributed by atoms with E-state index in [0.29, 0.717) is 22.3 Å². The van der Waals surface area contributed by atoms with E-state index in [-0.39, 0.29) is 0 Å². The third kappa shape index (κ3) is 16.6. The van der Waals surface area contributed by atoms with Crippen molar-refractivity contribution >= 4 is 100 Å². The Labute approximate surface area is 538 Å². The highest BCUT2D eigenvalue weighted by molar-refractivity contribution is 5.99. The number of aryl methyl sites for hydroxylation is 2. The lowest BCUT2D eigenvalue weighted by atomic mass is 9.93. The predicted molar refractivity (Wildman–Crippen MR) is 367 cm³/mol. The lowest BCUT2D eigenvalue weighted by molar-refractivity contribution is -0.133. The van der Waals surface area contributed by atoms with Gasteiger partial charge in [0.15, 0.2) is 0 Å². The number of anilines is 3. The van der Waals surface area contributed by atoms with Crippen molar-refractivity contribution in [1.29, 1.82) is 5.26 Å². The topological polar surface area (TPSA) is 189 Å². The van der Waals surface area contributed by atoms with E-state index in [9.17, 15) is 44.9 Å². The summed E-state index contributed by atoms with van der Waals surface area (Å²) in [5.41, 5.74) is 15.6. The summed E-state index contributed by atoms with van der Waals surface area (Å²) in [6, 6.07) is 71.2. The number of hydrogen-bond acceptors (Lipinski definition) is 6. The maximum atomic E-state index is 11.7. The zero-order chi connectivity index (χ0) is 66.0. The summed E-state index contributed by atoms with van der Waals surface area (Å²) in [6.45, 7) is 26.1. The van der Waals surface area contributed by atoms with Crippen molar-refractivity contribution in [3.05, 3.63) is 371 Å². The van der Waals surface area contributed by atoms with Gasteiger partial charge in [-0.25, -0.2) is 19.3 Å². The number of aliphatic carboxylic acids is 4. The van der Waals surface area contributed by atoms with Gasteiger partial charge in [-0.15, -0.1) is 0 Å². The molecule has 0 aliphatic heterocycles. The molecule has 0 bridgehead atoms. The van der Waals surface area contributed by atoms with Crippen molar-refractivity contribution in [3.8, 4) is 6.07 Å². The van der Waals surface area contributed by atoms with E-state index in [4.69, 9.17) is 19.7 Å². The van der Waals surface area contributed by atoms with Crippen molar-refractivity contribution < 1.29 is 39.6 Å². The highest BCUT2D eigenvalue weighted by atomic mass is 16.4. The van der Waals surface area contributed by atoms with Crippen molar-refractivity contribution in [2.24, 2.45) is 0 Å². The molecule has 13 heteroatoms. The first-order valence-corrected chi connectivity index (χ1v) is 28.8. The monoisotopic (exact) mass is 1210 g/mol. The van der Waals surface area contributed by atoms with Gasteiger partial charge in [0.25, 0.3) is 17.1 Å². The van der Waals surface area contributed by atoms with Crippen LogP contribution in [0.2, 0.25) is 0 Å². The van der Waals surface area contributed by atoms with Crippen LogP contribution in [0.25, 0.3) is 73.8 Å². The molecule has 0 saturated carbocycles. The van der Waals surface area contributed by atoms with E-state index >= 15 is 0 Å². The van der Waals surface area contributed by atoms with Gasteiger partial charge in [-0.1, -0.05) is 211 Å². The molecule has 0 atom stereocenters.